The second-order valence-electron chi connectivity index (χ2n) is 4.49. The third-order valence-electron chi connectivity index (χ3n) is 3.43. The molecule has 1 saturated heterocycles. The third kappa shape index (κ3) is 1.31. The summed E-state index contributed by atoms with van der Waals surface area (Å²) in [6.07, 6.45) is -0.448. The SMILES string of the molecule is O=C(O)C1CC2(O)c3cc(O)ccc3NC2N1. The number of aliphatic hydroxyl groups is 1. The van der Waals surface area contributed by atoms with E-state index in [1.165, 1.54) is 12.1 Å². The average molecular weight is 236 g/mol. The summed E-state index contributed by atoms with van der Waals surface area (Å²) in [4.78, 5) is 10.9. The lowest BCUT2D eigenvalue weighted by atomic mass is 9.91. The maximum atomic E-state index is 10.9. The number of hydrogen-bond donors (Lipinski definition) is 5. The number of benzene rings is 1. The highest BCUT2D eigenvalue weighted by Crippen LogP contribution is 2.46. The van der Waals surface area contributed by atoms with Crippen molar-refractivity contribution in [1.29, 1.82) is 0 Å². The summed E-state index contributed by atoms with van der Waals surface area (Å²) < 4.78 is 0. The van der Waals surface area contributed by atoms with Crippen LogP contribution in [-0.2, 0) is 10.4 Å². The molecular formula is C11H12N2O4. The fraction of sp³-hybridized carbons (Fsp3) is 0.364. The van der Waals surface area contributed by atoms with Gasteiger partial charge in [0, 0.05) is 17.7 Å². The molecule has 0 radical (unpaired) electrons. The van der Waals surface area contributed by atoms with Gasteiger partial charge in [-0.25, -0.2) is 0 Å². The zero-order valence-corrected chi connectivity index (χ0v) is 8.84. The van der Waals surface area contributed by atoms with Crippen LogP contribution in [0.5, 0.6) is 5.75 Å². The number of phenolic OH excluding ortho intramolecular Hbond substituents is 1. The number of phenols is 1. The van der Waals surface area contributed by atoms with E-state index in [-0.39, 0.29) is 12.2 Å². The molecule has 0 aliphatic carbocycles. The predicted octanol–water partition coefficient (Wildman–Crippen LogP) is -0.222. The minimum Gasteiger partial charge on any atom is -0.508 e. The number of aromatic hydroxyl groups is 1. The molecule has 90 valence electrons. The van der Waals surface area contributed by atoms with Crippen molar-refractivity contribution in [2.45, 2.75) is 24.2 Å². The fourth-order valence-corrected chi connectivity index (χ4v) is 2.58. The number of carbonyl (C=O) groups is 1. The first-order valence-electron chi connectivity index (χ1n) is 5.32. The number of rotatable bonds is 1. The van der Waals surface area contributed by atoms with Crippen LogP contribution in [0.25, 0.3) is 0 Å². The van der Waals surface area contributed by atoms with E-state index < -0.39 is 23.8 Å². The fourth-order valence-electron chi connectivity index (χ4n) is 2.58. The first-order chi connectivity index (χ1) is 8.00. The molecule has 1 fully saturated rings. The van der Waals surface area contributed by atoms with E-state index in [1.54, 1.807) is 6.07 Å². The van der Waals surface area contributed by atoms with E-state index in [4.69, 9.17) is 5.11 Å². The summed E-state index contributed by atoms with van der Waals surface area (Å²) in [5.74, 6) is -0.935. The lowest BCUT2D eigenvalue weighted by Crippen LogP contribution is -2.42. The number of hydrogen-bond acceptors (Lipinski definition) is 5. The third-order valence-corrected chi connectivity index (χ3v) is 3.43. The molecule has 0 saturated carbocycles. The highest BCUT2D eigenvalue weighted by Gasteiger charge is 2.54. The highest BCUT2D eigenvalue weighted by molar-refractivity contribution is 5.76. The van der Waals surface area contributed by atoms with Crippen molar-refractivity contribution < 1.29 is 20.1 Å². The standard InChI is InChI=1S/C11H12N2O4/c14-5-1-2-7-6(3-5)11(17)4-8(9(15)16)13-10(11)12-7/h1-3,8,10,12-14,17H,4H2,(H,15,16). The zero-order chi connectivity index (χ0) is 12.2. The van der Waals surface area contributed by atoms with Gasteiger partial charge in [-0.05, 0) is 18.2 Å². The van der Waals surface area contributed by atoms with Gasteiger partial charge < -0.3 is 20.6 Å². The van der Waals surface area contributed by atoms with Crippen LogP contribution >= 0.6 is 0 Å². The summed E-state index contributed by atoms with van der Waals surface area (Å²) in [6, 6.07) is 3.87. The van der Waals surface area contributed by atoms with Crippen LogP contribution in [0.1, 0.15) is 12.0 Å². The molecule has 1 aromatic carbocycles. The minimum absolute atomic E-state index is 0.0541. The molecule has 0 aromatic heterocycles. The van der Waals surface area contributed by atoms with E-state index in [2.05, 4.69) is 10.6 Å². The molecular weight excluding hydrogens is 224 g/mol. The first-order valence-corrected chi connectivity index (χ1v) is 5.32. The van der Waals surface area contributed by atoms with Gasteiger partial charge in [0.25, 0.3) is 0 Å². The molecule has 6 nitrogen and oxygen atoms in total. The van der Waals surface area contributed by atoms with Crippen molar-refractivity contribution in [2.75, 3.05) is 5.32 Å². The minimum atomic E-state index is -1.28. The molecule has 2 heterocycles. The van der Waals surface area contributed by atoms with Crippen LogP contribution in [0, 0.1) is 0 Å². The Labute approximate surface area is 96.9 Å². The van der Waals surface area contributed by atoms with Crippen LogP contribution in [0.15, 0.2) is 18.2 Å². The predicted molar refractivity (Wildman–Crippen MR) is 58.6 cm³/mol. The smallest absolute Gasteiger partial charge is 0.320 e. The number of aliphatic carboxylic acids is 1. The van der Waals surface area contributed by atoms with Crippen LogP contribution in [0.2, 0.25) is 0 Å². The monoisotopic (exact) mass is 236 g/mol. The number of carboxylic acid groups (broad SMARTS) is 1. The van der Waals surface area contributed by atoms with Gasteiger partial charge in [-0.1, -0.05) is 0 Å². The molecule has 3 atom stereocenters. The topological polar surface area (TPSA) is 102 Å². The van der Waals surface area contributed by atoms with E-state index in [1.807, 2.05) is 0 Å². The first kappa shape index (κ1) is 10.4. The van der Waals surface area contributed by atoms with Gasteiger partial charge in [-0.2, -0.15) is 0 Å². The van der Waals surface area contributed by atoms with Crippen molar-refractivity contribution in [3.8, 4) is 5.75 Å². The molecule has 2 aliphatic rings. The molecule has 5 N–H and O–H groups in total. The summed E-state index contributed by atoms with van der Waals surface area (Å²) in [5, 5.41) is 34.7. The average Bonchev–Trinajstić information content (AvgIpc) is 2.71. The Morgan fingerprint density at radius 3 is 2.94 bits per heavy atom. The van der Waals surface area contributed by atoms with Crippen LogP contribution in [0.4, 0.5) is 5.69 Å². The lowest BCUT2D eigenvalue weighted by Gasteiger charge is -2.21. The Morgan fingerprint density at radius 1 is 1.47 bits per heavy atom. The zero-order valence-electron chi connectivity index (χ0n) is 8.84. The maximum absolute atomic E-state index is 10.9. The lowest BCUT2D eigenvalue weighted by molar-refractivity contribution is -0.139. The van der Waals surface area contributed by atoms with Gasteiger partial charge in [0.15, 0.2) is 0 Å². The van der Waals surface area contributed by atoms with Crippen molar-refractivity contribution >= 4 is 11.7 Å². The van der Waals surface area contributed by atoms with E-state index in [0.29, 0.717) is 11.3 Å². The van der Waals surface area contributed by atoms with E-state index in [0.717, 1.165) is 0 Å². The van der Waals surface area contributed by atoms with Gasteiger partial charge >= 0.3 is 5.97 Å². The molecule has 1 aromatic rings. The quantitative estimate of drug-likeness (QED) is 0.432. The molecule has 0 spiro atoms. The van der Waals surface area contributed by atoms with Gasteiger partial charge in [0.1, 0.15) is 23.6 Å². The molecule has 3 unspecified atom stereocenters. The summed E-state index contributed by atoms with van der Waals surface area (Å²) in [6.45, 7) is 0. The van der Waals surface area contributed by atoms with Crippen molar-refractivity contribution in [3.63, 3.8) is 0 Å². The Kier molecular flexibility index (Phi) is 1.90. The maximum Gasteiger partial charge on any atom is 0.320 e. The van der Waals surface area contributed by atoms with Crippen molar-refractivity contribution in [2.24, 2.45) is 0 Å². The summed E-state index contributed by atoms with van der Waals surface area (Å²) in [7, 11) is 0. The molecule has 3 rings (SSSR count). The number of nitrogens with one attached hydrogen (secondary N) is 2. The van der Waals surface area contributed by atoms with Gasteiger partial charge in [0.2, 0.25) is 0 Å². The van der Waals surface area contributed by atoms with Crippen LogP contribution in [-0.4, -0.2) is 33.5 Å². The van der Waals surface area contributed by atoms with E-state index in [9.17, 15) is 15.0 Å². The van der Waals surface area contributed by atoms with Gasteiger partial charge in [-0.15, -0.1) is 0 Å². The molecule has 0 amide bonds. The number of carboxylic acids is 1. The molecule has 0 bridgehead atoms. The Morgan fingerprint density at radius 2 is 2.24 bits per heavy atom. The normalized spacial score (nSPS) is 33.9. The Balaban J connectivity index is 2.03. The molecule has 17 heavy (non-hydrogen) atoms. The van der Waals surface area contributed by atoms with Gasteiger partial charge in [0.05, 0.1) is 0 Å². The van der Waals surface area contributed by atoms with Gasteiger partial charge in [-0.3, -0.25) is 10.1 Å². The van der Waals surface area contributed by atoms with Crippen LogP contribution in [0.3, 0.4) is 0 Å². The highest BCUT2D eigenvalue weighted by atomic mass is 16.4. The number of fused-ring (bicyclic) bond motifs is 3. The summed E-state index contributed by atoms with van der Waals surface area (Å²) in [5.41, 5.74) is -0.0256. The largest absolute Gasteiger partial charge is 0.508 e. The Bertz CT molecular complexity index is 504. The molecule has 6 heteroatoms. The Hall–Kier alpha value is -1.79. The van der Waals surface area contributed by atoms with Crippen molar-refractivity contribution in [3.05, 3.63) is 23.8 Å². The van der Waals surface area contributed by atoms with Crippen LogP contribution < -0.4 is 10.6 Å². The number of anilines is 1. The second-order valence-corrected chi connectivity index (χ2v) is 4.49. The van der Waals surface area contributed by atoms with E-state index >= 15 is 0 Å². The second kappa shape index (κ2) is 3.12. The summed E-state index contributed by atoms with van der Waals surface area (Å²) >= 11 is 0. The van der Waals surface area contributed by atoms with Crippen molar-refractivity contribution in [1.82, 2.24) is 5.32 Å². The molecule has 2 aliphatic heterocycles.